The summed E-state index contributed by atoms with van der Waals surface area (Å²) in [6.45, 7) is 4.25. The van der Waals surface area contributed by atoms with Crippen LogP contribution in [0.2, 0.25) is 0 Å². The molecule has 176 valence electrons. The number of carbonyl (C=O) groups excluding carboxylic acids is 1. The van der Waals surface area contributed by atoms with Gasteiger partial charge in [-0.1, -0.05) is 36.4 Å². The normalized spacial score (nSPS) is 16.1. The van der Waals surface area contributed by atoms with E-state index < -0.39 is 17.7 Å². The van der Waals surface area contributed by atoms with E-state index in [4.69, 9.17) is 4.74 Å². The number of nitrogens with one attached hydrogen (secondary N) is 1. The van der Waals surface area contributed by atoms with E-state index in [-0.39, 0.29) is 12.3 Å². The Hall–Kier alpha value is -2.84. The maximum atomic E-state index is 13.4. The zero-order chi connectivity index (χ0) is 23.4. The first kappa shape index (κ1) is 23.3. The topological polar surface area (TPSA) is 46.5 Å². The summed E-state index contributed by atoms with van der Waals surface area (Å²) in [5.74, 6) is -0.680. The number of aryl methyl sites for hydroxylation is 1. The van der Waals surface area contributed by atoms with Gasteiger partial charge >= 0.3 is 6.18 Å². The van der Waals surface area contributed by atoms with Crippen LogP contribution in [0.15, 0.2) is 54.7 Å². The van der Waals surface area contributed by atoms with Gasteiger partial charge in [-0.2, -0.15) is 13.2 Å². The lowest BCUT2D eigenvalue weighted by molar-refractivity contribution is -0.137. The van der Waals surface area contributed by atoms with Crippen molar-refractivity contribution in [3.05, 3.63) is 71.4 Å². The Labute approximate surface area is 191 Å². The lowest BCUT2D eigenvalue weighted by Crippen LogP contribution is -2.41. The summed E-state index contributed by atoms with van der Waals surface area (Å²) in [5.41, 5.74) is 1.58. The first-order valence-electron chi connectivity index (χ1n) is 11.1. The number of benzene rings is 2. The third kappa shape index (κ3) is 5.57. The van der Waals surface area contributed by atoms with Crippen molar-refractivity contribution in [3.63, 3.8) is 0 Å². The highest BCUT2D eigenvalue weighted by Crippen LogP contribution is 2.37. The van der Waals surface area contributed by atoms with E-state index in [2.05, 4.69) is 10.2 Å². The summed E-state index contributed by atoms with van der Waals surface area (Å²) in [6.07, 6.45) is -2.46. The van der Waals surface area contributed by atoms with Crippen LogP contribution in [-0.2, 0) is 22.8 Å². The van der Waals surface area contributed by atoms with Crippen molar-refractivity contribution in [3.8, 4) is 0 Å². The molecule has 1 aliphatic rings. The smallest absolute Gasteiger partial charge is 0.379 e. The number of alkyl halides is 3. The number of hydrogen-bond acceptors (Lipinski definition) is 3. The molecule has 0 saturated carbocycles. The molecule has 0 bridgehead atoms. The molecule has 0 aliphatic carbocycles. The minimum Gasteiger partial charge on any atom is -0.379 e. The molecule has 0 spiro atoms. The minimum atomic E-state index is -4.44. The van der Waals surface area contributed by atoms with Gasteiger partial charge in [-0.3, -0.25) is 9.69 Å². The molecule has 1 atom stereocenters. The summed E-state index contributed by atoms with van der Waals surface area (Å²) >= 11 is 0. The van der Waals surface area contributed by atoms with Gasteiger partial charge in [0, 0.05) is 62.7 Å². The van der Waals surface area contributed by atoms with Crippen LogP contribution in [0.25, 0.3) is 10.9 Å². The third-order valence-corrected chi connectivity index (χ3v) is 6.16. The van der Waals surface area contributed by atoms with Gasteiger partial charge < -0.3 is 14.6 Å². The number of aromatic nitrogens is 1. The number of morpholine rings is 1. The van der Waals surface area contributed by atoms with Crippen LogP contribution in [0.3, 0.4) is 0 Å². The highest BCUT2D eigenvalue weighted by atomic mass is 19.4. The maximum Gasteiger partial charge on any atom is 0.416 e. The summed E-state index contributed by atoms with van der Waals surface area (Å²) in [6, 6.07) is 13.0. The summed E-state index contributed by atoms with van der Waals surface area (Å²) in [4.78, 5) is 15.1. The SMILES string of the molecule is Cn1cc([C@@H](CC(=O)NCCN2CCOCC2)c2cccc(C(F)(F)F)c2)c2ccccc21. The van der Waals surface area contributed by atoms with Gasteiger partial charge in [0.2, 0.25) is 5.91 Å². The van der Waals surface area contributed by atoms with Crippen LogP contribution >= 0.6 is 0 Å². The fourth-order valence-electron chi connectivity index (χ4n) is 4.43. The first-order valence-corrected chi connectivity index (χ1v) is 11.1. The minimum absolute atomic E-state index is 0.0679. The summed E-state index contributed by atoms with van der Waals surface area (Å²) in [5, 5.41) is 3.88. The lowest BCUT2D eigenvalue weighted by Gasteiger charge is -2.26. The average Bonchev–Trinajstić information content (AvgIpc) is 3.14. The van der Waals surface area contributed by atoms with Gasteiger partial charge in [-0.15, -0.1) is 0 Å². The molecule has 33 heavy (non-hydrogen) atoms. The van der Waals surface area contributed by atoms with Crippen LogP contribution in [-0.4, -0.2) is 54.8 Å². The monoisotopic (exact) mass is 459 g/mol. The van der Waals surface area contributed by atoms with E-state index in [1.54, 1.807) is 6.07 Å². The van der Waals surface area contributed by atoms with Gasteiger partial charge in [-0.25, -0.2) is 0 Å². The Morgan fingerprint density at radius 2 is 1.88 bits per heavy atom. The van der Waals surface area contributed by atoms with Crippen molar-refractivity contribution in [1.29, 1.82) is 0 Å². The zero-order valence-corrected chi connectivity index (χ0v) is 18.6. The van der Waals surface area contributed by atoms with E-state index in [9.17, 15) is 18.0 Å². The molecule has 0 unspecified atom stereocenters. The predicted molar refractivity (Wildman–Crippen MR) is 121 cm³/mol. The van der Waals surface area contributed by atoms with Crippen molar-refractivity contribution in [2.75, 3.05) is 39.4 Å². The van der Waals surface area contributed by atoms with E-state index in [0.29, 0.717) is 25.3 Å². The van der Waals surface area contributed by atoms with Gasteiger partial charge in [0.25, 0.3) is 0 Å². The lowest BCUT2D eigenvalue weighted by atomic mass is 9.87. The number of amides is 1. The standard InChI is InChI=1S/C25H28F3N3O2/c1-30-17-22(20-7-2-3-8-23(20)30)21(18-5-4-6-19(15-18)25(26,27)28)16-24(32)29-9-10-31-11-13-33-14-12-31/h2-8,15,17,21H,9-14,16H2,1H3,(H,29,32)/t21-/m0/s1. The summed E-state index contributed by atoms with van der Waals surface area (Å²) < 4.78 is 47.5. The molecule has 4 rings (SSSR count). The number of hydrogen-bond donors (Lipinski definition) is 1. The number of halogens is 3. The van der Waals surface area contributed by atoms with E-state index in [0.717, 1.165) is 48.2 Å². The Morgan fingerprint density at radius 3 is 2.64 bits per heavy atom. The van der Waals surface area contributed by atoms with Crippen molar-refractivity contribution < 1.29 is 22.7 Å². The molecule has 5 nitrogen and oxygen atoms in total. The van der Waals surface area contributed by atoms with Crippen molar-refractivity contribution in [2.24, 2.45) is 7.05 Å². The largest absolute Gasteiger partial charge is 0.416 e. The quantitative estimate of drug-likeness (QED) is 0.577. The molecule has 1 aliphatic heterocycles. The number of nitrogens with zero attached hydrogens (tertiary/aromatic N) is 2. The highest BCUT2D eigenvalue weighted by Gasteiger charge is 2.32. The molecular formula is C25H28F3N3O2. The molecular weight excluding hydrogens is 431 g/mol. The van der Waals surface area contributed by atoms with Crippen molar-refractivity contribution in [1.82, 2.24) is 14.8 Å². The molecule has 3 aromatic rings. The fraction of sp³-hybridized carbons (Fsp3) is 0.400. The molecule has 1 aromatic heterocycles. The third-order valence-electron chi connectivity index (χ3n) is 6.16. The van der Waals surface area contributed by atoms with Crippen LogP contribution in [0.1, 0.15) is 29.0 Å². The van der Waals surface area contributed by atoms with E-state index in [1.165, 1.54) is 6.07 Å². The maximum absolute atomic E-state index is 13.4. The Balaban J connectivity index is 1.58. The average molecular weight is 460 g/mol. The molecule has 1 fully saturated rings. The van der Waals surface area contributed by atoms with Gasteiger partial charge in [0.15, 0.2) is 0 Å². The molecule has 2 heterocycles. The van der Waals surface area contributed by atoms with Crippen molar-refractivity contribution in [2.45, 2.75) is 18.5 Å². The van der Waals surface area contributed by atoms with Crippen LogP contribution in [0, 0.1) is 0 Å². The van der Waals surface area contributed by atoms with E-state index in [1.807, 2.05) is 42.1 Å². The zero-order valence-electron chi connectivity index (χ0n) is 18.6. The second-order valence-corrected chi connectivity index (χ2v) is 8.40. The summed E-state index contributed by atoms with van der Waals surface area (Å²) in [7, 11) is 1.90. The van der Waals surface area contributed by atoms with E-state index >= 15 is 0 Å². The molecule has 1 saturated heterocycles. The number of rotatable bonds is 7. The number of ether oxygens (including phenoxy) is 1. The predicted octanol–water partition coefficient (Wildman–Crippen LogP) is 4.17. The number of carbonyl (C=O) groups is 1. The second-order valence-electron chi connectivity index (χ2n) is 8.40. The molecule has 1 amide bonds. The van der Waals surface area contributed by atoms with Crippen LogP contribution in [0.4, 0.5) is 13.2 Å². The Kier molecular flexibility index (Phi) is 7.05. The number of para-hydroxylation sites is 1. The molecule has 8 heteroatoms. The highest BCUT2D eigenvalue weighted by molar-refractivity contribution is 5.86. The van der Waals surface area contributed by atoms with Gasteiger partial charge in [0.05, 0.1) is 18.8 Å². The van der Waals surface area contributed by atoms with Gasteiger partial charge in [-0.05, 0) is 23.3 Å². The van der Waals surface area contributed by atoms with Crippen molar-refractivity contribution >= 4 is 16.8 Å². The van der Waals surface area contributed by atoms with Crippen LogP contribution < -0.4 is 5.32 Å². The Bertz CT molecular complexity index is 1100. The first-order chi connectivity index (χ1) is 15.8. The van der Waals surface area contributed by atoms with Crippen LogP contribution in [0.5, 0.6) is 0 Å². The van der Waals surface area contributed by atoms with Gasteiger partial charge in [0.1, 0.15) is 0 Å². The number of fused-ring (bicyclic) bond motifs is 1. The second kappa shape index (κ2) is 9.97. The molecule has 1 N–H and O–H groups in total. The fourth-order valence-corrected chi connectivity index (χ4v) is 4.43. The Morgan fingerprint density at radius 1 is 1.12 bits per heavy atom. The molecule has 0 radical (unpaired) electrons. The molecule has 2 aromatic carbocycles.